The Bertz CT molecular complexity index is 712. The summed E-state index contributed by atoms with van der Waals surface area (Å²) < 4.78 is 10.9. The minimum Gasteiger partial charge on any atom is -0.467 e. The van der Waals surface area contributed by atoms with Crippen LogP contribution in [0.25, 0.3) is 0 Å². The van der Waals surface area contributed by atoms with E-state index in [9.17, 15) is 4.79 Å². The molecule has 6 nitrogen and oxygen atoms in total. The Balaban J connectivity index is 1.82. The van der Waals surface area contributed by atoms with E-state index < -0.39 is 0 Å². The van der Waals surface area contributed by atoms with Gasteiger partial charge in [0, 0.05) is 18.3 Å². The van der Waals surface area contributed by atoms with Gasteiger partial charge in [-0.3, -0.25) is 4.90 Å². The Morgan fingerprint density at radius 1 is 1.14 bits per heavy atom. The van der Waals surface area contributed by atoms with E-state index in [1.165, 1.54) is 0 Å². The summed E-state index contributed by atoms with van der Waals surface area (Å²) in [4.78, 5) is 14.8. The first-order chi connectivity index (χ1) is 14.0. The van der Waals surface area contributed by atoms with E-state index in [0.29, 0.717) is 31.7 Å². The molecule has 0 saturated carbocycles. The van der Waals surface area contributed by atoms with Crippen LogP contribution in [0, 0.1) is 5.92 Å². The predicted molar refractivity (Wildman–Crippen MR) is 117 cm³/mol. The molecule has 2 N–H and O–H groups in total. The average Bonchev–Trinajstić information content (AvgIpc) is 3.20. The summed E-state index contributed by atoms with van der Waals surface area (Å²) in [7, 11) is 0. The maximum Gasteiger partial charge on any atom is 0.319 e. The molecule has 1 aromatic heterocycles. The largest absolute Gasteiger partial charge is 0.467 e. The highest BCUT2D eigenvalue weighted by Gasteiger charge is 2.18. The summed E-state index contributed by atoms with van der Waals surface area (Å²) in [5, 5.41) is 5.96. The van der Waals surface area contributed by atoms with Crippen LogP contribution in [0.5, 0.6) is 0 Å². The maximum atomic E-state index is 12.4. The molecule has 2 amide bonds. The number of urea groups is 1. The van der Waals surface area contributed by atoms with Crippen molar-refractivity contribution in [3.05, 3.63) is 54.0 Å². The van der Waals surface area contributed by atoms with Crippen molar-refractivity contribution in [3.63, 3.8) is 0 Å². The van der Waals surface area contributed by atoms with Crippen LogP contribution >= 0.6 is 0 Å². The van der Waals surface area contributed by atoms with Crippen LogP contribution in [0.2, 0.25) is 0 Å². The summed E-state index contributed by atoms with van der Waals surface area (Å²) in [5.41, 5.74) is 1.75. The second-order valence-electron chi connectivity index (χ2n) is 7.61. The van der Waals surface area contributed by atoms with E-state index in [4.69, 9.17) is 9.15 Å². The molecule has 2 aromatic rings. The number of hydrogen-bond donors (Lipinski definition) is 2. The summed E-state index contributed by atoms with van der Waals surface area (Å²) in [6, 6.07) is 11.6. The molecule has 160 valence electrons. The van der Waals surface area contributed by atoms with Gasteiger partial charge in [0.05, 0.1) is 12.9 Å². The van der Waals surface area contributed by atoms with Crippen molar-refractivity contribution in [1.29, 1.82) is 0 Å². The lowest BCUT2D eigenvalue weighted by molar-refractivity contribution is 0.0930. The Kier molecular flexibility index (Phi) is 9.74. The van der Waals surface area contributed by atoms with Gasteiger partial charge in [-0.1, -0.05) is 39.8 Å². The van der Waals surface area contributed by atoms with Crippen molar-refractivity contribution in [3.8, 4) is 0 Å². The zero-order valence-electron chi connectivity index (χ0n) is 18.1. The molecule has 0 bridgehead atoms. The van der Waals surface area contributed by atoms with Gasteiger partial charge >= 0.3 is 6.03 Å². The van der Waals surface area contributed by atoms with E-state index in [-0.39, 0.29) is 6.03 Å². The summed E-state index contributed by atoms with van der Waals surface area (Å²) in [6.45, 7) is 12.2. The van der Waals surface area contributed by atoms with Gasteiger partial charge in [0.2, 0.25) is 0 Å². The number of amides is 2. The molecule has 0 fully saturated rings. The lowest BCUT2D eigenvalue weighted by Crippen LogP contribution is -2.45. The molecule has 0 spiro atoms. The van der Waals surface area contributed by atoms with Gasteiger partial charge in [0.25, 0.3) is 0 Å². The molecule has 0 aliphatic rings. The molecule has 6 heteroatoms. The van der Waals surface area contributed by atoms with E-state index >= 15 is 0 Å². The van der Waals surface area contributed by atoms with E-state index in [1.807, 2.05) is 36.4 Å². The summed E-state index contributed by atoms with van der Waals surface area (Å²) >= 11 is 0. The SMILES string of the molecule is CCN(CC)C(CNC(=O)Nc1cccc(COCc2ccco2)c1)CC(C)C. The minimum absolute atomic E-state index is 0.181. The van der Waals surface area contributed by atoms with Gasteiger partial charge in [0.1, 0.15) is 12.4 Å². The van der Waals surface area contributed by atoms with Crippen molar-refractivity contribution >= 4 is 11.7 Å². The molecule has 0 saturated heterocycles. The predicted octanol–water partition coefficient (Wildman–Crippen LogP) is 4.87. The normalized spacial score (nSPS) is 12.3. The van der Waals surface area contributed by atoms with Crippen LogP contribution in [0.1, 0.15) is 45.4 Å². The first kappa shape index (κ1) is 23.0. The molecule has 1 unspecified atom stereocenters. The lowest BCUT2D eigenvalue weighted by Gasteiger charge is -2.31. The van der Waals surface area contributed by atoms with Crippen LogP contribution in [-0.4, -0.2) is 36.6 Å². The molecule has 2 rings (SSSR count). The zero-order chi connectivity index (χ0) is 21.1. The Morgan fingerprint density at radius 2 is 1.93 bits per heavy atom. The molecule has 0 radical (unpaired) electrons. The average molecular weight is 402 g/mol. The smallest absolute Gasteiger partial charge is 0.319 e. The van der Waals surface area contributed by atoms with Crippen LogP contribution < -0.4 is 10.6 Å². The number of nitrogens with one attached hydrogen (secondary N) is 2. The molecular weight excluding hydrogens is 366 g/mol. The molecule has 29 heavy (non-hydrogen) atoms. The first-order valence-corrected chi connectivity index (χ1v) is 10.5. The first-order valence-electron chi connectivity index (χ1n) is 10.5. The Morgan fingerprint density at radius 3 is 2.59 bits per heavy atom. The van der Waals surface area contributed by atoms with Crippen LogP contribution in [0.4, 0.5) is 10.5 Å². The monoisotopic (exact) mass is 401 g/mol. The van der Waals surface area contributed by atoms with Gasteiger partial charge in [-0.2, -0.15) is 0 Å². The Labute approximate surface area is 174 Å². The minimum atomic E-state index is -0.181. The van der Waals surface area contributed by atoms with Crippen molar-refractivity contribution in [2.75, 3.05) is 25.0 Å². The van der Waals surface area contributed by atoms with Crippen molar-refractivity contribution in [2.24, 2.45) is 5.92 Å². The fourth-order valence-corrected chi connectivity index (χ4v) is 3.43. The molecule has 1 heterocycles. The van der Waals surface area contributed by atoms with E-state index in [0.717, 1.165) is 36.5 Å². The number of likely N-dealkylation sites (N-methyl/N-ethyl adjacent to an activating group) is 1. The maximum absolute atomic E-state index is 12.4. The zero-order valence-corrected chi connectivity index (χ0v) is 18.1. The van der Waals surface area contributed by atoms with Gasteiger partial charge < -0.3 is 19.8 Å². The second kappa shape index (κ2) is 12.3. The second-order valence-corrected chi connectivity index (χ2v) is 7.61. The highest BCUT2D eigenvalue weighted by atomic mass is 16.5. The van der Waals surface area contributed by atoms with Gasteiger partial charge in [-0.05, 0) is 55.3 Å². The highest BCUT2D eigenvalue weighted by Crippen LogP contribution is 2.14. The summed E-state index contributed by atoms with van der Waals surface area (Å²) in [6.07, 6.45) is 2.69. The van der Waals surface area contributed by atoms with Crippen molar-refractivity contribution in [1.82, 2.24) is 10.2 Å². The number of rotatable bonds is 12. The van der Waals surface area contributed by atoms with E-state index in [1.54, 1.807) is 6.26 Å². The number of nitrogens with zero attached hydrogens (tertiary/aromatic N) is 1. The van der Waals surface area contributed by atoms with Crippen LogP contribution in [0.3, 0.4) is 0 Å². The molecule has 1 atom stereocenters. The molecular formula is C23H35N3O3. The number of anilines is 1. The van der Waals surface area contributed by atoms with Gasteiger partial charge in [-0.25, -0.2) is 4.79 Å². The van der Waals surface area contributed by atoms with Gasteiger partial charge in [0.15, 0.2) is 0 Å². The number of hydrogen-bond acceptors (Lipinski definition) is 4. The third kappa shape index (κ3) is 8.30. The highest BCUT2D eigenvalue weighted by molar-refractivity contribution is 5.89. The molecule has 0 aliphatic carbocycles. The third-order valence-electron chi connectivity index (χ3n) is 4.85. The van der Waals surface area contributed by atoms with Gasteiger partial charge in [-0.15, -0.1) is 0 Å². The van der Waals surface area contributed by atoms with E-state index in [2.05, 4.69) is 43.2 Å². The molecule has 0 aliphatic heterocycles. The number of carbonyl (C=O) groups excluding carboxylic acids is 1. The fourth-order valence-electron chi connectivity index (χ4n) is 3.43. The quantitative estimate of drug-likeness (QED) is 0.532. The number of carbonyl (C=O) groups is 1. The number of benzene rings is 1. The third-order valence-corrected chi connectivity index (χ3v) is 4.85. The van der Waals surface area contributed by atoms with Crippen LogP contribution in [-0.2, 0) is 18.0 Å². The van der Waals surface area contributed by atoms with Crippen molar-refractivity contribution < 1.29 is 13.9 Å². The summed E-state index contributed by atoms with van der Waals surface area (Å²) in [5.74, 6) is 1.38. The Hall–Kier alpha value is -2.31. The standard InChI is InChI=1S/C23H35N3O3/c1-5-26(6-2)21(13-18(3)4)15-24-23(27)25-20-10-7-9-19(14-20)16-28-17-22-11-8-12-29-22/h7-12,14,18,21H,5-6,13,15-17H2,1-4H3,(H2,24,25,27). The topological polar surface area (TPSA) is 66.7 Å². The number of furan rings is 1. The fraction of sp³-hybridized carbons (Fsp3) is 0.522. The molecule has 1 aromatic carbocycles. The van der Waals surface area contributed by atoms with Crippen molar-refractivity contribution in [2.45, 2.75) is 53.4 Å². The number of ether oxygens (including phenoxy) is 1. The lowest BCUT2D eigenvalue weighted by atomic mass is 10.0. The van der Waals surface area contributed by atoms with Crippen LogP contribution in [0.15, 0.2) is 47.1 Å².